The summed E-state index contributed by atoms with van der Waals surface area (Å²) >= 11 is 12.0. The first-order valence-corrected chi connectivity index (χ1v) is 9.90. The first-order chi connectivity index (χ1) is 14.0. The van der Waals surface area contributed by atoms with Gasteiger partial charge in [0.25, 0.3) is 0 Å². The molecule has 7 nitrogen and oxygen atoms in total. The summed E-state index contributed by atoms with van der Waals surface area (Å²) in [5.74, 6) is 1.38. The predicted octanol–water partition coefficient (Wildman–Crippen LogP) is 3.98. The van der Waals surface area contributed by atoms with Gasteiger partial charge in [0.2, 0.25) is 0 Å². The average Bonchev–Trinajstić information content (AvgIpc) is 3.24. The number of pyridine rings is 1. The van der Waals surface area contributed by atoms with Crippen LogP contribution in [0.25, 0.3) is 5.82 Å². The van der Waals surface area contributed by atoms with Crippen LogP contribution in [0.15, 0.2) is 60.2 Å². The van der Waals surface area contributed by atoms with Gasteiger partial charge in [-0.15, -0.1) is 24.0 Å². The van der Waals surface area contributed by atoms with Gasteiger partial charge in [-0.25, -0.2) is 15.0 Å². The van der Waals surface area contributed by atoms with Crippen LogP contribution in [0.1, 0.15) is 24.2 Å². The summed E-state index contributed by atoms with van der Waals surface area (Å²) in [7, 11) is 0. The first kappa shape index (κ1) is 24.4. The average molecular weight is 561 g/mol. The van der Waals surface area contributed by atoms with Gasteiger partial charge in [0.15, 0.2) is 5.96 Å². The minimum Gasteiger partial charge on any atom is -0.387 e. The number of benzene rings is 1. The van der Waals surface area contributed by atoms with Crippen molar-refractivity contribution < 1.29 is 5.11 Å². The van der Waals surface area contributed by atoms with Gasteiger partial charge in [0, 0.05) is 41.7 Å². The van der Waals surface area contributed by atoms with E-state index in [1.54, 1.807) is 36.9 Å². The summed E-state index contributed by atoms with van der Waals surface area (Å²) in [6, 6.07) is 8.88. The summed E-state index contributed by atoms with van der Waals surface area (Å²) in [4.78, 5) is 13.0. The summed E-state index contributed by atoms with van der Waals surface area (Å²) in [5, 5.41) is 17.7. The molecular weight excluding hydrogens is 538 g/mol. The molecule has 0 saturated carbocycles. The lowest BCUT2D eigenvalue weighted by Crippen LogP contribution is -2.39. The molecule has 0 aliphatic carbocycles. The van der Waals surface area contributed by atoms with Crippen LogP contribution in [0.3, 0.4) is 0 Å². The van der Waals surface area contributed by atoms with Crippen LogP contribution in [-0.4, -0.2) is 38.7 Å². The Bertz CT molecular complexity index is 947. The third-order valence-corrected chi connectivity index (χ3v) is 4.51. The van der Waals surface area contributed by atoms with E-state index in [1.807, 2.05) is 29.8 Å². The molecule has 2 heterocycles. The summed E-state index contributed by atoms with van der Waals surface area (Å²) in [6.45, 7) is 3.40. The summed E-state index contributed by atoms with van der Waals surface area (Å²) in [5.41, 5.74) is 1.65. The monoisotopic (exact) mass is 560 g/mol. The standard InChI is InChI=1S/C20H22Cl2N6O.HI/c1-2-24-20(27-12-18(29)15-8-16(21)10-17(22)9-15)26-11-14-3-4-25-19(7-14)28-6-5-23-13-28;/h3-10,13,18,29H,2,11-12H2,1H3,(H2,24,26,27);1H. The lowest BCUT2D eigenvalue weighted by molar-refractivity contribution is 0.181. The van der Waals surface area contributed by atoms with Crippen molar-refractivity contribution >= 4 is 53.1 Å². The fourth-order valence-electron chi connectivity index (χ4n) is 2.69. The smallest absolute Gasteiger partial charge is 0.191 e. The van der Waals surface area contributed by atoms with Crippen LogP contribution in [0.4, 0.5) is 0 Å². The molecular formula is C20H23Cl2IN6O. The topological polar surface area (TPSA) is 87.4 Å². The van der Waals surface area contributed by atoms with Crippen LogP contribution in [0.2, 0.25) is 10.0 Å². The zero-order valence-corrected chi connectivity index (χ0v) is 20.1. The molecule has 0 aliphatic heterocycles. The third kappa shape index (κ3) is 7.12. The number of guanidine groups is 1. The van der Waals surface area contributed by atoms with E-state index in [-0.39, 0.29) is 30.5 Å². The molecule has 1 aromatic carbocycles. The van der Waals surface area contributed by atoms with Crippen molar-refractivity contribution in [2.24, 2.45) is 4.99 Å². The minimum absolute atomic E-state index is 0. The fraction of sp³-hybridized carbons (Fsp3) is 0.250. The molecule has 3 aromatic rings. The molecule has 1 atom stereocenters. The third-order valence-electron chi connectivity index (χ3n) is 4.08. The zero-order chi connectivity index (χ0) is 20.6. The maximum Gasteiger partial charge on any atom is 0.191 e. The number of nitrogens with zero attached hydrogens (tertiary/aromatic N) is 4. The number of nitrogens with one attached hydrogen (secondary N) is 2. The number of halogens is 3. The van der Waals surface area contributed by atoms with E-state index >= 15 is 0 Å². The van der Waals surface area contributed by atoms with Gasteiger partial charge in [0.1, 0.15) is 12.1 Å². The van der Waals surface area contributed by atoms with Crippen LogP contribution in [0.5, 0.6) is 0 Å². The van der Waals surface area contributed by atoms with Crippen molar-refractivity contribution in [3.8, 4) is 5.82 Å². The molecule has 0 fully saturated rings. The first-order valence-electron chi connectivity index (χ1n) is 9.14. The number of aliphatic imine (C=N–C) groups is 1. The molecule has 2 aromatic heterocycles. The van der Waals surface area contributed by atoms with Gasteiger partial charge < -0.3 is 15.7 Å². The van der Waals surface area contributed by atoms with Crippen molar-refractivity contribution in [3.63, 3.8) is 0 Å². The highest BCUT2D eigenvalue weighted by molar-refractivity contribution is 14.0. The highest BCUT2D eigenvalue weighted by Crippen LogP contribution is 2.23. The Hall–Kier alpha value is -1.88. The molecule has 0 aliphatic rings. The van der Waals surface area contributed by atoms with Gasteiger partial charge >= 0.3 is 0 Å². The van der Waals surface area contributed by atoms with Crippen molar-refractivity contribution in [2.45, 2.75) is 19.6 Å². The normalized spacial score (nSPS) is 12.2. The fourth-order valence-corrected chi connectivity index (χ4v) is 3.23. The Balaban J connectivity index is 0.00000320. The van der Waals surface area contributed by atoms with Crippen molar-refractivity contribution in [1.29, 1.82) is 0 Å². The number of imidazole rings is 1. The molecule has 3 rings (SSSR count). The minimum atomic E-state index is -0.774. The van der Waals surface area contributed by atoms with E-state index in [2.05, 4.69) is 25.6 Å². The molecule has 0 saturated heterocycles. The zero-order valence-electron chi connectivity index (χ0n) is 16.3. The van der Waals surface area contributed by atoms with Crippen LogP contribution < -0.4 is 10.6 Å². The molecule has 1 unspecified atom stereocenters. The summed E-state index contributed by atoms with van der Waals surface area (Å²) < 4.78 is 1.84. The van der Waals surface area contributed by atoms with E-state index in [9.17, 15) is 5.11 Å². The number of aliphatic hydroxyl groups is 1. The molecule has 0 radical (unpaired) electrons. The molecule has 10 heteroatoms. The van der Waals surface area contributed by atoms with E-state index in [4.69, 9.17) is 23.2 Å². The lowest BCUT2D eigenvalue weighted by Gasteiger charge is -2.16. The second-order valence-corrected chi connectivity index (χ2v) is 7.16. The highest BCUT2D eigenvalue weighted by Gasteiger charge is 2.10. The Morgan fingerprint density at radius 1 is 1.17 bits per heavy atom. The second kappa shape index (κ2) is 12.1. The maximum atomic E-state index is 10.4. The molecule has 30 heavy (non-hydrogen) atoms. The predicted molar refractivity (Wildman–Crippen MR) is 131 cm³/mol. The molecule has 3 N–H and O–H groups in total. The van der Waals surface area contributed by atoms with Gasteiger partial charge in [-0.1, -0.05) is 23.2 Å². The Morgan fingerprint density at radius 2 is 1.93 bits per heavy atom. The second-order valence-electron chi connectivity index (χ2n) is 6.29. The molecule has 160 valence electrons. The largest absolute Gasteiger partial charge is 0.387 e. The lowest BCUT2D eigenvalue weighted by atomic mass is 10.1. The molecule has 0 amide bonds. The number of hydrogen-bond donors (Lipinski definition) is 3. The van der Waals surface area contributed by atoms with Gasteiger partial charge in [-0.3, -0.25) is 4.57 Å². The Kier molecular flexibility index (Phi) is 9.83. The van der Waals surface area contributed by atoms with E-state index < -0.39 is 6.10 Å². The number of rotatable bonds is 7. The number of aliphatic hydroxyl groups excluding tert-OH is 1. The van der Waals surface area contributed by atoms with Gasteiger partial charge in [-0.2, -0.15) is 0 Å². The number of aromatic nitrogens is 3. The number of hydrogen-bond acceptors (Lipinski definition) is 4. The van der Waals surface area contributed by atoms with Crippen molar-refractivity contribution in [2.75, 3.05) is 13.1 Å². The maximum absolute atomic E-state index is 10.4. The van der Waals surface area contributed by atoms with Crippen LogP contribution >= 0.6 is 47.2 Å². The van der Waals surface area contributed by atoms with Crippen LogP contribution in [-0.2, 0) is 6.54 Å². The highest BCUT2D eigenvalue weighted by atomic mass is 127. The quantitative estimate of drug-likeness (QED) is 0.231. The van der Waals surface area contributed by atoms with Gasteiger partial charge in [-0.05, 0) is 48.4 Å². The molecule has 0 spiro atoms. The van der Waals surface area contributed by atoms with E-state index in [0.29, 0.717) is 34.7 Å². The Morgan fingerprint density at radius 3 is 2.60 bits per heavy atom. The SMILES string of the molecule is CCNC(=NCc1ccnc(-n2ccnc2)c1)NCC(O)c1cc(Cl)cc(Cl)c1.I. The summed E-state index contributed by atoms with van der Waals surface area (Å²) in [6.07, 6.45) is 6.21. The van der Waals surface area contributed by atoms with Crippen LogP contribution in [0, 0.1) is 0 Å². The molecule has 0 bridgehead atoms. The van der Waals surface area contributed by atoms with Gasteiger partial charge in [0.05, 0.1) is 12.6 Å². The Labute approximate surface area is 202 Å². The van der Waals surface area contributed by atoms with Crippen molar-refractivity contribution in [1.82, 2.24) is 25.2 Å². The van der Waals surface area contributed by atoms with E-state index in [0.717, 1.165) is 11.4 Å². The van der Waals surface area contributed by atoms with Crippen molar-refractivity contribution in [3.05, 3.63) is 76.4 Å². The van der Waals surface area contributed by atoms with E-state index in [1.165, 1.54) is 0 Å².